The lowest BCUT2D eigenvalue weighted by atomic mass is 9.85. The first-order valence-corrected chi connectivity index (χ1v) is 5.13. The fourth-order valence-corrected chi connectivity index (χ4v) is 1.71. The highest BCUT2D eigenvalue weighted by Gasteiger charge is 2.25. The molecule has 0 atom stereocenters. The van der Waals surface area contributed by atoms with Crippen LogP contribution in [0.4, 0.5) is 0 Å². The van der Waals surface area contributed by atoms with Gasteiger partial charge in [0.05, 0.1) is 11.6 Å². The molecule has 0 amide bonds. The Bertz CT molecular complexity index is 388. The van der Waals surface area contributed by atoms with Crippen molar-refractivity contribution in [2.24, 2.45) is 0 Å². The minimum absolute atomic E-state index is 0.0585. The van der Waals surface area contributed by atoms with Gasteiger partial charge in [-0.3, -0.25) is 0 Å². The second-order valence-corrected chi connectivity index (χ2v) is 4.64. The topological polar surface area (TPSA) is 38.7 Å². The Morgan fingerprint density at radius 2 is 2.13 bits per heavy atom. The summed E-state index contributed by atoms with van der Waals surface area (Å²) in [6.07, 6.45) is 0. The van der Waals surface area contributed by atoms with Crippen LogP contribution in [-0.4, -0.2) is 18.5 Å². The number of fused-ring (bicyclic) bond motifs is 1. The molecule has 0 bridgehead atoms. The van der Waals surface area contributed by atoms with E-state index in [2.05, 4.69) is 0 Å². The minimum atomic E-state index is -0.329. The average molecular weight is 229 g/mol. The molecule has 15 heavy (non-hydrogen) atoms. The van der Waals surface area contributed by atoms with Crippen molar-refractivity contribution in [1.82, 2.24) is 0 Å². The summed E-state index contributed by atoms with van der Waals surface area (Å²) in [4.78, 5) is 0. The molecular weight excluding hydrogens is 216 g/mol. The highest BCUT2D eigenvalue weighted by Crippen LogP contribution is 2.42. The van der Waals surface area contributed by atoms with Gasteiger partial charge in [0.2, 0.25) is 6.79 Å². The number of hydrogen-bond donors (Lipinski definition) is 1. The van der Waals surface area contributed by atoms with E-state index in [-0.39, 0.29) is 18.8 Å². The van der Waals surface area contributed by atoms with Gasteiger partial charge in [-0.05, 0) is 17.7 Å². The molecule has 0 aromatic heterocycles. The maximum Gasteiger partial charge on any atom is 0.231 e. The lowest BCUT2D eigenvalue weighted by Gasteiger charge is -2.22. The van der Waals surface area contributed by atoms with E-state index in [4.69, 9.17) is 21.1 Å². The van der Waals surface area contributed by atoms with Gasteiger partial charge in [0.15, 0.2) is 11.5 Å². The number of ether oxygens (including phenoxy) is 2. The summed E-state index contributed by atoms with van der Waals surface area (Å²) in [5, 5.41) is 9.80. The van der Waals surface area contributed by atoms with E-state index in [1.165, 1.54) is 0 Å². The van der Waals surface area contributed by atoms with Crippen LogP contribution in [0.2, 0.25) is 5.02 Å². The third-order valence-corrected chi connectivity index (χ3v) is 2.88. The summed E-state index contributed by atoms with van der Waals surface area (Å²) < 4.78 is 10.5. The van der Waals surface area contributed by atoms with Crippen molar-refractivity contribution in [3.05, 3.63) is 22.7 Å². The first-order chi connectivity index (χ1) is 7.04. The summed E-state index contributed by atoms with van der Waals surface area (Å²) in [6, 6.07) is 3.68. The van der Waals surface area contributed by atoms with Crippen LogP contribution in [0.5, 0.6) is 11.5 Å². The number of halogens is 1. The van der Waals surface area contributed by atoms with E-state index < -0.39 is 0 Å². The highest BCUT2D eigenvalue weighted by molar-refractivity contribution is 6.32. The van der Waals surface area contributed by atoms with Gasteiger partial charge in [-0.15, -0.1) is 0 Å². The van der Waals surface area contributed by atoms with E-state index in [0.717, 1.165) is 5.56 Å². The molecule has 0 spiro atoms. The zero-order valence-electron chi connectivity index (χ0n) is 8.71. The lowest BCUT2D eigenvalue weighted by Crippen LogP contribution is -2.21. The SMILES string of the molecule is CC(C)(CO)c1cc(Cl)c2c(c1)OCO2. The molecule has 1 aliphatic heterocycles. The van der Waals surface area contributed by atoms with Crippen molar-refractivity contribution >= 4 is 11.6 Å². The van der Waals surface area contributed by atoms with Crippen molar-refractivity contribution in [3.8, 4) is 11.5 Å². The zero-order chi connectivity index (χ0) is 11.1. The van der Waals surface area contributed by atoms with Crippen LogP contribution in [0.1, 0.15) is 19.4 Å². The lowest BCUT2D eigenvalue weighted by molar-refractivity contribution is 0.173. The molecular formula is C11H13ClO3. The zero-order valence-corrected chi connectivity index (χ0v) is 9.47. The van der Waals surface area contributed by atoms with Gasteiger partial charge in [-0.1, -0.05) is 25.4 Å². The van der Waals surface area contributed by atoms with Gasteiger partial charge in [0.25, 0.3) is 0 Å². The molecule has 0 saturated heterocycles. The Kier molecular flexibility index (Phi) is 2.52. The van der Waals surface area contributed by atoms with Crippen LogP contribution in [-0.2, 0) is 5.41 Å². The highest BCUT2D eigenvalue weighted by atomic mass is 35.5. The van der Waals surface area contributed by atoms with E-state index in [1.807, 2.05) is 26.0 Å². The number of aliphatic hydroxyl groups excluding tert-OH is 1. The summed E-state index contributed by atoms with van der Waals surface area (Å²) in [7, 11) is 0. The Morgan fingerprint density at radius 3 is 2.80 bits per heavy atom. The fourth-order valence-electron chi connectivity index (χ4n) is 1.45. The van der Waals surface area contributed by atoms with Gasteiger partial charge < -0.3 is 14.6 Å². The Hall–Kier alpha value is -0.930. The maximum absolute atomic E-state index is 9.27. The first-order valence-electron chi connectivity index (χ1n) is 4.75. The van der Waals surface area contributed by atoms with Crippen LogP contribution in [0.3, 0.4) is 0 Å². The Balaban J connectivity index is 2.48. The Morgan fingerprint density at radius 1 is 1.40 bits per heavy atom. The summed E-state index contributed by atoms with van der Waals surface area (Å²) in [5.41, 5.74) is 0.615. The van der Waals surface area contributed by atoms with Crippen molar-refractivity contribution in [2.45, 2.75) is 19.3 Å². The molecule has 0 aliphatic carbocycles. The number of rotatable bonds is 2. The second-order valence-electron chi connectivity index (χ2n) is 4.23. The van der Waals surface area contributed by atoms with E-state index in [9.17, 15) is 5.11 Å². The number of aliphatic hydroxyl groups is 1. The normalized spacial score (nSPS) is 14.4. The van der Waals surface area contributed by atoms with Crippen LogP contribution in [0.15, 0.2) is 12.1 Å². The van der Waals surface area contributed by atoms with E-state index >= 15 is 0 Å². The van der Waals surface area contributed by atoms with Gasteiger partial charge in [-0.2, -0.15) is 0 Å². The quantitative estimate of drug-likeness (QED) is 0.845. The first kappa shape index (κ1) is 10.6. The van der Waals surface area contributed by atoms with Crippen molar-refractivity contribution in [1.29, 1.82) is 0 Å². The summed E-state index contributed by atoms with van der Waals surface area (Å²) in [6.45, 7) is 4.16. The van der Waals surface area contributed by atoms with Crippen LogP contribution in [0.25, 0.3) is 0 Å². The molecule has 1 heterocycles. The van der Waals surface area contributed by atoms with Crippen LogP contribution < -0.4 is 9.47 Å². The smallest absolute Gasteiger partial charge is 0.231 e. The monoisotopic (exact) mass is 228 g/mol. The summed E-state index contributed by atoms with van der Waals surface area (Å²) >= 11 is 6.05. The molecule has 0 radical (unpaired) electrons. The van der Waals surface area contributed by atoms with Crippen LogP contribution in [0, 0.1) is 0 Å². The summed E-state index contributed by atoms with van der Waals surface area (Å²) in [5.74, 6) is 1.24. The van der Waals surface area contributed by atoms with E-state index in [1.54, 1.807) is 0 Å². The number of hydrogen-bond acceptors (Lipinski definition) is 3. The van der Waals surface area contributed by atoms with E-state index in [0.29, 0.717) is 16.5 Å². The molecule has 82 valence electrons. The molecule has 0 saturated carbocycles. The largest absolute Gasteiger partial charge is 0.454 e. The molecule has 4 heteroatoms. The fraction of sp³-hybridized carbons (Fsp3) is 0.455. The molecule has 2 rings (SSSR count). The molecule has 0 fully saturated rings. The van der Waals surface area contributed by atoms with Gasteiger partial charge in [0.1, 0.15) is 0 Å². The second kappa shape index (κ2) is 3.58. The standard InChI is InChI=1S/C11H13ClO3/c1-11(2,5-13)7-3-8(12)10-9(4-7)14-6-15-10/h3-4,13H,5-6H2,1-2H3. The van der Waals surface area contributed by atoms with Crippen molar-refractivity contribution in [2.75, 3.05) is 13.4 Å². The third kappa shape index (κ3) is 1.77. The Labute approximate surface area is 93.6 Å². The average Bonchev–Trinajstić information content (AvgIpc) is 2.66. The molecule has 0 unspecified atom stereocenters. The van der Waals surface area contributed by atoms with Crippen molar-refractivity contribution < 1.29 is 14.6 Å². The number of benzene rings is 1. The maximum atomic E-state index is 9.27. The predicted molar refractivity (Wildman–Crippen MR) is 57.7 cm³/mol. The molecule has 1 aliphatic rings. The van der Waals surface area contributed by atoms with Gasteiger partial charge >= 0.3 is 0 Å². The molecule has 1 aromatic carbocycles. The predicted octanol–water partition coefficient (Wildman–Crippen LogP) is 2.34. The van der Waals surface area contributed by atoms with Crippen molar-refractivity contribution in [3.63, 3.8) is 0 Å². The third-order valence-electron chi connectivity index (χ3n) is 2.60. The molecule has 1 aromatic rings. The van der Waals surface area contributed by atoms with Crippen LogP contribution >= 0.6 is 11.6 Å². The van der Waals surface area contributed by atoms with Gasteiger partial charge in [-0.25, -0.2) is 0 Å². The molecule has 1 N–H and O–H groups in total. The van der Waals surface area contributed by atoms with Gasteiger partial charge in [0, 0.05) is 5.41 Å². The molecule has 3 nitrogen and oxygen atoms in total. The minimum Gasteiger partial charge on any atom is -0.454 e.